The van der Waals surface area contributed by atoms with Crippen LogP contribution in [0.4, 0.5) is 8.78 Å². The van der Waals surface area contributed by atoms with Crippen LogP contribution in [-0.2, 0) is 16.1 Å². The summed E-state index contributed by atoms with van der Waals surface area (Å²) >= 11 is 0. The van der Waals surface area contributed by atoms with Gasteiger partial charge in [-0.25, -0.2) is 8.78 Å². The van der Waals surface area contributed by atoms with Crippen LogP contribution in [0.3, 0.4) is 0 Å². The van der Waals surface area contributed by atoms with E-state index < -0.39 is 41.6 Å². The SMILES string of the molecule is CC(C)[C@H](NC(=O)[C@H](C)C[C@H](O)[C@@H](N)COc1cc(F)cc(F)c1)C(=O)NCc1ccccc1. The van der Waals surface area contributed by atoms with E-state index in [0.29, 0.717) is 12.6 Å². The average molecular weight is 478 g/mol. The maximum absolute atomic E-state index is 13.3. The Labute approximate surface area is 198 Å². The van der Waals surface area contributed by atoms with E-state index in [9.17, 15) is 23.5 Å². The van der Waals surface area contributed by atoms with Gasteiger partial charge in [-0.05, 0) is 17.9 Å². The van der Waals surface area contributed by atoms with Crippen LogP contribution in [0, 0.1) is 23.5 Å². The number of carbonyl (C=O) groups excluding carboxylic acids is 2. The number of hydrogen-bond donors (Lipinski definition) is 4. The van der Waals surface area contributed by atoms with Gasteiger partial charge in [0.2, 0.25) is 11.8 Å². The Kier molecular flexibility index (Phi) is 10.4. The average Bonchev–Trinajstić information content (AvgIpc) is 2.78. The largest absolute Gasteiger partial charge is 0.492 e. The zero-order valence-electron chi connectivity index (χ0n) is 19.6. The molecule has 0 aliphatic carbocycles. The number of nitrogens with one attached hydrogen (secondary N) is 2. The highest BCUT2D eigenvalue weighted by Crippen LogP contribution is 2.17. The number of aliphatic hydroxyl groups is 1. The molecule has 34 heavy (non-hydrogen) atoms. The molecule has 5 N–H and O–H groups in total. The molecule has 0 saturated heterocycles. The molecule has 2 rings (SSSR count). The summed E-state index contributed by atoms with van der Waals surface area (Å²) in [4.78, 5) is 25.3. The first-order valence-electron chi connectivity index (χ1n) is 11.2. The summed E-state index contributed by atoms with van der Waals surface area (Å²) in [5, 5.41) is 16.0. The highest BCUT2D eigenvalue weighted by atomic mass is 19.1. The van der Waals surface area contributed by atoms with E-state index in [1.165, 1.54) is 0 Å². The van der Waals surface area contributed by atoms with Crippen molar-refractivity contribution in [3.05, 3.63) is 65.7 Å². The zero-order chi connectivity index (χ0) is 25.3. The Balaban J connectivity index is 1.84. The zero-order valence-corrected chi connectivity index (χ0v) is 19.6. The molecule has 2 aromatic rings. The van der Waals surface area contributed by atoms with Crippen LogP contribution >= 0.6 is 0 Å². The van der Waals surface area contributed by atoms with Gasteiger partial charge in [0.15, 0.2) is 0 Å². The van der Waals surface area contributed by atoms with Crippen molar-refractivity contribution in [3.63, 3.8) is 0 Å². The van der Waals surface area contributed by atoms with Gasteiger partial charge in [-0.2, -0.15) is 0 Å². The van der Waals surface area contributed by atoms with Crippen LogP contribution < -0.4 is 21.1 Å². The van der Waals surface area contributed by atoms with E-state index in [0.717, 1.165) is 17.7 Å². The van der Waals surface area contributed by atoms with Gasteiger partial charge in [-0.1, -0.05) is 51.1 Å². The number of halogens is 2. The summed E-state index contributed by atoms with van der Waals surface area (Å²) in [5.41, 5.74) is 6.87. The maximum Gasteiger partial charge on any atom is 0.243 e. The van der Waals surface area contributed by atoms with Crippen LogP contribution in [0.25, 0.3) is 0 Å². The van der Waals surface area contributed by atoms with Crippen LogP contribution in [0.15, 0.2) is 48.5 Å². The summed E-state index contributed by atoms with van der Waals surface area (Å²) in [6, 6.07) is 10.5. The van der Waals surface area contributed by atoms with Gasteiger partial charge in [0.1, 0.15) is 30.0 Å². The Morgan fingerprint density at radius 1 is 1.03 bits per heavy atom. The lowest BCUT2D eigenvalue weighted by Crippen LogP contribution is -2.51. The van der Waals surface area contributed by atoms with Crippen molar-refractivity contribution in [3.8, 4) is 5.75 Å². The Morgan fingerprint density at radius 2 is 1.65 bits per heavy atom. The van der Waals surface area contributed by atoms with E-state index in [2.05, 4.69) is 10.6 Å². The highest BCUT2D eigenvalue weighted by molar-refractivity contribution is 5.88. The second-order valence-corrected chi connectivity index (χ2v) is 8.72. The molecule has 7 nitrogen and oxygen atoms in total. The summed E-state index contributed by atoms with van der Waals surface area (Å²) in [5.74, 6) is -3.12. The first kappa shape index (κ1) is 27.2. The molecule has 0 aromatic heterocycles. The van der Waals surface area contributed by atoms with Crippen molar-refractivity contribution >= 4 is 11.8 Å². The summed E-state index contributed by atoms with van der Waals surface area (Å²) in [6.45, 7) is 5.42. The van der Waals surface area contributed by atoms with Crippen LogP contribution in [0.2, 0.25) is 0 Å². The summed E-state index contributed by atoms with van der Waals surface area (Å²) in [6.07, 6.45) is -1.09. The predicted octanol–water partition coefficient (Wildman–Crippen LogP) is 2.52. The number of nitrogens with two attached hydrogens (primary N) is 1. The second kappa shape index (κ2) is 13.0. The molecule has 0 aliphatic heterocycles. The fourth-order valence-corrected chi connectivity index (χ4v) is 3.28. The molecule has 4 atom stereocenters. The Bertz CT molecular complexity index is 923. The molecular weight excluding hydrogens is 444 g/mol. The van der Waals surface area contributed by atoms with Crippen molar-refractivity contribution in [2.75, 3.05) is 6.61 Å². The topological polar surface area (TPSA) is 114 Å². The van der Waals surface area contributed by atoms with E-state index >= 15 is 0 Å². The minimum Gasteiger partial charge on any atom is -0.492 e. The molecule has 9 heteroatoms. The minimum absolute atomic E-state index is 0.0182. The fraction of sp³-hybridized carbons (Fsp3) is 0.440. The molecule has 2 aromatic carbocycles. The number of amides is 2. The van der Waals surface area contributed by atoms with Gasteiger partial charge in [0, 0.05) is 30.7 Å². The Morgan fingerprint density at radius 3 is 2.24 bits per heavy atom. The fourth-order valence-electron chi connectivity index (χ4n) is 3.28. The van der Waals surface area contributed by atoms with Crippen LogP contribution in [0.5, 0.6) is 5.75 Å². The summed E-state index contributed by atoms with van der Waals surface area (Å²) < 4.78 is 31.8. The van der Waals surface area contributed by atoms with E-state index in [-0.39, 0.29) is 30.6 Å². The molecular formula is C25H33F2N3O4. The standard InChI is InChI=1S/C25H33F2N3O4/c1-15(2)23(25(33)29-13-17-7-5-4-6-8-17)30-24(32)16(3)9-22(31)21(28)14-34-20-11-18(26)10-19(27)12-20/h4-8,10-12,15-16,21-23,31H,9,13-14,28H2,1-3H3,(H,29,33)(H,30,32)/t16-,21+,22+,23+/m1/s1. The monoisotopic (exact) mass is 477 g/mol. The van der Waals surface area contributed by atoms with Gasteiger partial charge in [0.05, 0.1) is 12.1 Å². The number of ether oxygens (including phenoxy) is 1. The lowest BCUT2D eigenvalue weighted by Gasteiger charge is -2.25. The van der Waals surface area contributed by atoms with Crippen LogP contribution in [-0.4, -0.2) is 41.7 Å². The van der Waals surface area contributed by atoms with Gasteiger partial charge in [0.25, 0.3) is 0 Å². The number of aliphatic hydroxyl groups excluding tert-OH is 1. The van der Waals surface area contributed by atoms with Gasteiger partial charge < -0.3 is 26.2 Å². The number of rotatable bonds is 12. The van der Waals surface area contributed by atoms with E-state index in [4.69, 9.17) is 10.5 Å². The quantitative estimate of drug-likeness (QED) is 0.375. The number of benzene rings is 2. The lowest BCUT2D eigenvalue weighted by molar-refractivity contribution is -0.132. The summed E-state index contributed by atoms with van der Waals surface area (Å²) in [7, 11) is 0. The molecule has 0 fully saturated rings. The first-order chi connectivity index (χ1) is 16.1. The third-order valence-corrected chi connectivity index (χ3v) is 5.37. The lowest BCUT2D eigenvalue weighted by atomic mass is 9.96. The van der Waals surface area contributed by atoms with Crippen LogP contribution in [0.1, 0.15) is 32.8 Å². The van der Waals surface area contributed by atoms with Crippen molar-refractivity contribution in [1.82, 2.24) is 10.6 Å². The second-order valence-electron chi connectivity index (χ2n) is 8.72. The van der Waals surface area contributed by atoms with Crippen molar-refractivity contribution in [2.45, 2.75) is 51.9 Å². The van der Waals surface area contributed by atoms with E-state index in [1.54, 1.807) is 6.92 Å². The molecule has 0 aliphatic rings. The highest BCUT2D eigenvalue weighted by Gasteiger charge is 2.28. The molecule has 186 valence electrons. The molecule has 0 heterocycles. The van der Waals surface area contributed by atoms with Crippen molar-refractivity contribution < 1.29 is 28.2 Å². The van der Waals surface area contributed by atoms with Gasteiger partial charge in [-0.15, -0.1) is 0 Å². The van der Waals surface area contributed by atoms with Crippen molar-refractivity contribution in [1.29, 1.82) is 0 Å². The predicted molar refractivity (Wildman–Crippen MR) is 125 cm³/mol. The molecule has 0 spiro atoms. The molecule has 0 bridgehead atoms. The molecule has 2 amide bonds. The molecule has 0 unspecified atom stereocenters. The number of carbonyl (C=O) groups is 2. The Hall–Kier alpha value is -3.04. The third-order valence-electron chi connectivity index (χ3n) is 5.37. The first-order valence-corrected chi connectivity index (χ1v) is 11.2. The minimum atomic E-state index is -1.11. The van der Waals surface area contributed by atoms with Gasteiger partial charge >= 0.3 is 0 Å². The smallest absolute Gasteiger partial charge is 0.243 e. The molecule has 0 saturated carbocycles. The number of hydrogen-bond acceptors (Lipinski definition) is 5. The van der Waals surface area contributed by atoms with E-state index in [1.807, 2.05) is 44.2 Å². The maximum atomic E-state index is 13.3. The van der Waals surface area contributed by atoms with Gasteiger partial charge in [-0.3, -0.25) is 9.59 Å². The normalized spacial score (nSPS) is 14.7. The van der Waals surface area contributed by atoms with Crippen molar-refractivity contribution in [2.24, 2.45) is 17.6 Å². The third kappa shape index (κ3) is 8.72. The molecule has 0 radical (unpaired) electrons.